The number of aromatic nitrogens is 3. The van der Waals surface area contributed by atoms with Crippen LogP contribution in [-0.4, -0.2) is 36.9 Å². The van der Waals surface area contributed by atoms with E-state index in [9.17, 15) is 8.42 Å². The third-order valence-electron chi connectivity index (χ3n) is 2.42. The Morgan fingerprint density at radius 2 is 2.30 bits per heavy atom. The van der Waals surface area contributed by atoms with E-state index in [0.29, 0.717) is 24.5 Å². The number of sulfonamides is 1. The average molecular weight is 317 g/mol. The molecular weight excluding hydrogens is 302 g/mol. The minimum absolute atomic E-state index is 0.111. The molecule has 0 saturated carbocycles. The SMILES string of the molecule is COCCn1cc(NS(=O)(=O)c2sc(N)nc2C)cn1. The second-order valence-corrected chi connectivity index (χ2v) is 6.92. The summed E-state index contributed by atoms with van der Waals surface area (Å²) >= 11 is 0.930. The Balaban J connectivity index is 2.16. The van der Waals surface area contributed by atoms with Gasteiger partial charge in [-0.05, 0) is 6.92 Å². The van der Waals surface area contributed by atoms with E-state index >= 15 is 0 Å². The molecular formula is C10H15N5O3S2. The average Bonchev–Trinajstić information content (AvgIpc) is 2.93. The summed E-state index contributed by atoms with van der Waals surface area (Å²) in [6.07, 6.45) is 3.03. The molecule has 20 heavy (non-hydrogen) atoms. The van der Waals surface area contributed by atoms with Gasteiger partial charge in [-0.1, -0.05) is 11.3 Å². The van der Waals surface area contributed by atoms with E-state index in [4.69, 9.17) is 10.5 Å². The van der Waals surface area contributed by atoms with Gasteiger partial charge in [0.15, 0.2) is 9.34 Å². The van der Waals surface area contributed by atoms with Crippen LogP contribution < -0.4 is 10.5 Å². The highest BCUT2D eigenvalue weighted by Crippen LogP contribution is 2.26. The number of methoxy groups -OCH3 is 1. The van der Waals surface area contributed by atoms with Gasteiger partial charge in [0.05, 0.1) is 30.7 Å². The molecule has 0 atom stereocenters. The van der Waals surface area contributed by atoms with Crippen LogP contribution in [0.15, 0.2) is 16.6 Å². The largest absolute Gasteiger partial charge is 0.383 e. The van der Waals surface area contributed by atoms with Crippen molar-refractivity contribution in [1.82, 2.24) is 14.8 Å². The van der Waals surface area contributed by atoms with Gasteiger partial charge in [-0.25, -0.2) is 13.4 Å². The van der Waals surface area contributed by atoms with Gasteiger partial charge in [0, 0.05) is 13.3 Å². The molecule has 2 rings (SSSR count). The molecule has 2 aromatic heterocycles. The van der Waals surface area contributed by atoms with Gasteiger partial charge in [-0.15, -0.1) is 0 Å². The molecule has 0 radical (unpaired) electrons. The monoisotopic (exact) mass is 317 g/mol. The van der Waals surface area contributed by atoms with E-state index in [-0.39, 0.29) is 9.34 Å². The van der Waals surface area contributed by atoms with Crippen LogP contribution in [-0.2, 0) is 21.3 Å². The summed E-state index contributed by atoms with van der Waals surface area (Å²) in [6.45, 7) is 2.65. The van der Waals surface area contributed by atoms with Crippen molar-refractivity contribution in [2.24, 2.45) is 0 Å². The molecule has 0 aliphatic heterocycles. The van der Waals surface area contributed by atoms with Crippen molar-refractivity contribution in [2.45, 2.75) is 17.7 Å². The van der Waals surface area contributed by atoms with Gasteiger partial charge >= 0.3 is 0 Å². The van der Waals surface area contributed by atoms with E-state index in [1.165, 1.54) is 6.20 Å². The lowest BCUT2D eigenvalue weighted by atomic mass is 10.6. The molecule has 0 aliphatic carbocycles. The smallest absolute Gasteiger partial charge is 0.273 e. The molecule has 0 saturated heterocycles. The predicted molar refractivity (Wildman–Crippen MR) is 76.2 cm³/mol. The summed E-state index contributed by atoms with van der Waals surface area (Å²) in [5.74, 6) is 0. The summed E-state index contributed by atoms with van der Waals surface area (Å²) in [5.41, 5.74) is 6.28. The number of rotatable bonds is 6. The second kappa shape index (κ2) is 5.77. The number of hydrogen-bond acceptors (Lipinski definition) is 7. The number of nitrogens with zero attached hydrogens (tertiary/aromatic N) is 3. The predicted octanol–water partition coefficient (Wildman–Crippen LogP) is 0.677. The highest BCUT2D eigenvalue weighted by molar-refractivity contribution is 7.94. The first-order chi connectivity index (χ1) is 9.42. The quantitative estimate of drug-likeness (QED) is 0.810. The van der Waals surface area contributed by atoms with E-state index in [1.54, 1.807) is 24.9 Å². The first-order valence-corrected chi connectivity index (χ1v) is 7.99. The molecule has 0 spiro atoms. The number of ether oxygens (including phenoxy) is 1. The Morgan fingerprint density at radius 3 is 2.90 bits per heavy atom. The summed E-state index contributed by atoms with van der Waals surface area (Å²) in [4.78, 5) is 3.90. The Bertz CT molecular complexity index is 692. The maximum atomic E-state index is 12.2. The number of nitrogens with two attached hydrogens (primary N) is 1. The minimum Gasteiger partial charge on any atom is -0.383 e. The first kappa shape index (κ1) is 14.8. The second-order valence-electron chi connectivity index (χ2n) is 4.02. The zero-order valence-corrected chi connectivity index (χ0v) is 12.7. The van der Waals surface area contributed by atoms with Crippen LogP contribution in [0.5, 0.6) is 0 Å². The molecule has 110 valence electrons. The Kier molecular flexibility index (Phi) is 4.26. The maximum Gasteiger partial charge on any atom is 0.273 e. The Labute approximate surface area is 120 Å². The topological polar surface area (TPSA) is 112 Å². The Hall–Kier alpha value is -1.65. The van der Waals surface area contributed by atoms with Crippen molar-refractivity contribution in [3.8, 4) is 0 Å². The van der Waals surface area contributed by atoms with E-state index in [1.807, 2.05) is 0 Å². The maximum absolute atomic E-state index is 12.2. The van der Waals surface area contributed by atoms with Crippen LogP contribution in [0.1, 0.15) is 5.69 Å². The molecule has 3 N–H and O–H groups in total. The lowest BCUT2D eigenvalue weighted by molar-refractivity contribution is 0.183. The fourth-order valence-corrected chi connectivity index (χ4v) is 3.91. The number of anilines is 2. The molecule has 0 unspecified atom stereocenters. The molecule has 8 nitrogen and oxygen atoms in total. The van der Waals surface area contributed by atoms with Gasteiger partial charge in [-0.3, -0.25) is 9.40 Å². The van der Waals surface area contributed by atoms with E-state index in [2.05, 4.69) is 14.8 Å². The summed E-state index contributed by atoms with van der Waals surface area (Å²) in [6, 6.07) is 0. The van der Waals surface area contributed by atoms with Gasteiger partial charge in [-0.2, -0.15) is 5.10 Å². The fourth-order valence-electron chi connectivity index (χ4n) is 1.58. The van der Waals surface area contributed by atoms with E-state index in [0.717, 1.165) is 11.3 Å². The van der Waals surface area contributed by atoms with Crippen molar-refractivity contribution in [3.05, 3.63) is 18.1 Å². The molecule has 2 heterocycles. The third kappa shape index (κ3) is 3.26. The highest BCUT2D eigenvalue weighted by atomic mass is 32.2. The van der Waals surface area contributed by atoms with E-state index < -0.39 is 10.0 Å². The zero-order valence-electron chi connectivity index (χ0n) is 11.0. The van der Waals surface area contributed by atoms with Crippen molar-refractivity contribution in [2.75, 3.05) is 24.2 Å². The van der Waals surface area contributed by atoms with Crippen LogP contribution >= 0.6 is 11.3 Å². The number of hydrogen-bond donors (Lipinski definition) is 2. The highest BCUT2D eigenvalue weighted by Gasteiger charge is 2.21. The van der Waals surface area contributed by atoms with Crippen LogP contribution in [0.2, 0.25) is 0 Å². The molecule has 10 heteroatoms. The Morgan fingerprint density at radius 1 is 1.55 bits per heavy atom. The number of nitrogen functional groups attached to an aromatic ring is 1. The van der Waals surface area contributed by atoms with Gasteiger partial charge in [0.1, 0.15) is 0 Å². The van der Waals surface area contributed by atoms with Crippen molar-refractivity contribution in [1.29, 1.82) is 0 Å². The van der Waals surface area contributed by atoms with Gasteiger partial charge in [0.2, 0.25) is 0 Å². The molecule has 0 aromatic carbocycles. The molecule has 0 bridgehead atoms. The minimum atomic E-state index is -3.69. The lowest BCUT2D eigenvalue weighted by Crippen LogP contribution is -2.12. The van der Waals surface area contributed by atoms with Crippen molar-refractivity contribution in [3.63, 3.8) is 0 Å². The summed E-state index contributed by atoms with van der Waals surface area (Å²) in [7, 11) is -2.10. The number of thiazole rings is 1. The molecule has 0 amide bonds. The van der Waals surface area contributed by atoms with Crippen molar-refractivity contribution >= 4 is 32.2 Å². The van der Waals surface area contributed by atoms with Gasteiger partial charge < -0.3 is 10.5 Å². The number of nitrogens with one attached hydrogen (secondary N) is 1. The first-order valence-electron chi connectivity index (χ1n) is 5.69. The summed E-state index contributed by atoms with van der Waals surface area (Å²) < 4.78 is 33.5. The van der Waals surface area contributed by atoms with Crippen LogP contribution in [0.3, 0.4) is 0 Å². The normalized spacial score (nSPS) is 11.7. The molecule has 0 fully saturated rings. The molecule has 2 aromatic rings. The number of aryl methyl sites for hydroxylation is 1. The standard InChI is InChI=1S/C10H15N5O3S2/c1-7-9(19-10(11)13-7)20(16,17)14-8-5-12-15(6-8)3-4-18-2/h5-6,14H,3-4H2,1-2H3,(H2,11,13). The fraction of sp³-hybridized carbons (Fsp3) is 0.400. The molecule has 0 aliphatic rings. The van der Waals surface area contributed by atoms with Crippen molar-refractivity contribution < 1.29 is 13.2 Å². The van der Waals surface area contributed by atoms with Crippen LogP contribution in [0, 0.1) is 6.92 Å². The summed E-state index contributed by atoms with van der Waals surface area (Å²) in [5, 5.41) is 4.25. The van der Waals surface area contributed by atoms with Gasteiger partial charge in [0.25, 0.3) is 10.0 Å². The third-order valence-corrected chi connectivity index (χ3v) is 5.40. The lowest BCUT2D eigenvalue weighted by Gasteiger charge is -2.03. The van der Waals surface area contributed by atoms with Crippen LogP contribution in [0.25, 0.3) is 0 Å². The zero-order chi connectivity index (χ0) is 14.8. The van der Waals surface area contributed by atoms with Crippen LogP contribution in [0.4, 0.5) is 10.8 Å².